The molecule has 0 saturated carbocycles. The molecule has 1 amide bonds. The Kier molecular flexibility index (Phi) is 3.05. The normalized spacial score (nSPS) is 10.0. The average molecular weight is 243 g/mol. The smallest absolute Gasteiger partial charge is 0.255 e. The molecule has 0 aliphatic heterocycles. The van der Waals surface area contributed by atoms with Gasteiger partial charge in [-0.05, 0) is 30.3 Å². The molecule has 0 heterocycles. The van der Waals surface area contributed by atoms with Gasteiger partial charge in [0.1, 0.15) is 5.75 Å². The first-order valence-corrected chi connectivity index (χ1v) is 5.31. The number of nitrogens with one attached hydrogen (secondary N) is 1. The summed E-state index contributed by atoms with van der Waals surface area (Å²) in [5, 5.41) is 11.9. The number of amides is 1. The van der Waals surface area contributed by atoms with Crippen molar-refractivity contribution in [1.29, 1.82) is 0 Å². The number of carbonyl (C=O) groups excluding carboxylic acids is 1. The van der Waals surface area contributed by atoms with Crippen LogP contribution in [-0.2, 0) is 0 Å². The number of anilines is 3. The third kappa shape index (κ3) is 2.70. The second-order valence-electron chi connectivity index (χ2n) is 3.89. The first kappa shape index (κ1) is 11.8. The third-order valence-corrected chi connectivity index (χ3v) is 2.34. The zero-order chi connectivity index (χ0) is 13.1. The molecule has 5 heteroatoms. The quantitative estimate of drug-likeness (QED) is 0.604. The molecule has 6 N–H and O–H groups in total. The van der Waals surface area contributed by atoms with E-state index < -0.39 is 0 Å². The van der Waals surface area contributed by atoms with Gasteiger partial charge in [-0.1, -0.05) is 6.07 Å². The molecule has 0 aliphatic carbocycles. The summed E-state index contributed by atoms with van der Waals surface area (Å²) in [6.45, 7) is 0. The fourth-order valence-corrected chi connectivity index (χ4v) is 1.59. The fraction of sp³-hybridized carbons (Fsp3) is 0. The number of phenolic OH excluding ortho intramolecular Hbond substituents is 1. The van der Waals surface area contributed by atoms with E-state index in [-0.39, 0.29) is 11.7 Å². The summed E-state index contributed by atoms with van der Waals surface area (Å²) in [6.07, 6.45) is 0. The number of benzene rings is 2. The molecule has 5 nitrogen and oxygen atoms in total. The number of hydrogen-bond acceptors (Lipinski definition) is 4. The van der Waals surface area contributed by atoms with Crippen molar-refractivity contribution < 1.29 is 9.90 Å². The minimum absolute atomic E-state index is 0.0832. The maximum atomic E-state index is 11.9. The summed E-state index contributed by atoms with van der Waals surface area (Å²) < 4.78 is 0. The Morgan fingerprint density at radius 2 is 1.72 bits per heavy atom. The lowest BCUT2D eigenvalue weighted by Gasteiger charge is -2.07. The van der Waals surface area contributed by atoms with Crippen LogP contribution in [0.1, 0.15) is 10.4 Å². The summed E-state index contributed by atoms with van der Waals surface area (Å²) in [5.74, 6) is -0.250. The van der Waals surface area contributed by atoms with E-state index in [1.165, 1.54) is 24.3 Å². The Morgan fingerprint density at radius 3 is 2.33 bits per heavy atom. The van der Waals surface area contributed by atoms with Gasteiger partial charge < -0.3 is 21.9 Å². The van der Waals surface area contributed by atoms with Crippen molar-refractivity contribution in [3.63, 3.8) is 0 Å². The SMILES string of the molecule is Nc1cc(N)cc(C(=O)Nc2cccc(O)c2)c1. The average Bonchev–Trinajstić information content (AvgIpc) is 2.27. The molecule has 0 aliphatic rings. The molecular formula is C13H13N3O2. The van der Waals surface area contributed by atoms with Crippen LogP contribution in [0.3, 0.4) is 0 Å². The summed E-state index contributed by atoms with van der Waals surface area (Å²) in [5.41, 5.74) is 13.0. The largest absolute Gasteiger partial charge is 0.508 e. The van der Waals surface area contributed by atoms with Crippen LogP contribution in [0.15, 0.2) is 42.5 Å². The van der Waals surface area contributed by atoms with E-state index in [1.54, 1.807) is 18.2 Å². The molecule has 0 unspecified atom stereocenters. The van der Waals surface area contributed by atoms with Crippen molar-refractivity contribution in [2.24, 2.45) is 0 Å². The molecule has 0 spiro atoms. The second kappa shape index (κ2) is 4.67. The van der Waals surface area contributed by atoms with Crippen molar-refractivity contribution >= 4 is 23.0 Å². The minimum Gasteiger partial charge on any atom is -0.508 e. The highest BCUT2D eigenvalue weighted by molar-refractivity contribution is 6.05. The van der Waals surface area contributed by atoms with Crippen molar-refractivity contribution in [3.05, 3.63) is 48.0 Å². The predicted molar refractivity (Wildman–Crippen MR) is 71.3 cm³/mol. The zero-order valence-electron chi connectivity index (χ0n) is 9.55. The maximum absolute atomic E-state index is 11.9. The summed E-state index contributed by atoms with van der Waals surface area (Å²) in [4.78, 5) is 11.9. The van der Waals surface area contributed by atoms with Gasteiger partial charge in [-0.2, -0.15) is 0 Å². The van der Waals surface area contributed by atoms with E-state index in [0.29, 0.717) is 22.6 Å². The Labute approximate surface area is 104 Å². The van der Waals surface area contributed by atoms with Crippen LogP contribution in [0.25, 0.3) is 0 Å². The topological polar surface area (TPSA) is 101 Å². The molecular weight excluding hydrogens is 230 g/mol. The molecule has 0 aromatic heterocycles. The van der Waals surface area contributed by atoms with Gasteiger partial charge in [0.25, 0.3) is 5.91 Å². The van der Waals surface area contributed by atoms with Crippen LogP contribution in [0.5, 0.6) is 5.75 Å². The molecule has 0 radical (unpaired) electrons. The van der Waals surface area contributed by atoms with Crippen molar-refractivity contribution in [2.45, 2.75) is 0 Å². The standard InChI is InChI=1S/C13H13N3O2/c14-9-4-8(5-10(15)6-9)13(18)16-11-2-1-3-12(17)7-11/h1-7,17H,14-15H2,(H,16,18). The van der Waals surface area contributed by atoms with Crippen molar-refractivity contribution in [3.8, 4) is 5.75 Å². The number of nitrogens with two attached hydrogens (primary N) is 2. The Hall–Kier alpha value is -2.69. The molecule has 0 fully saturated rings. The van der Waals surface area contributed by atoms with E-state index in [4.69, 9.17) is 11.5 Å². The number of carbonyl (C=O) groups is 1. The Bertz CT molecular complexity index is 576. The first-order chi connectivity index (χ1) is 8.54. The molecule has 0 atom stereocenters. The zero-order valence-corrected chi connectivity index (χ0v) is 9.55. The number of rotatable bonds is 2. The Balaban J connectivity index is 2.22. The van der Waals surface area contributed by atoms with E-state index in [2.05, 4.69) is 5.32 Å². The van der Waals surface area contributed by atoms with Gasteiger partial charge >= 0.3 is 0 Å². The number of nitrogen functional groups attached to an aromatic ring is 2. The van der Waals surface area contributed by atoms with Gasteiger partial charge in [-0.3, -0.25) is 4.79 Å². The lowest BCUT2D eigenvalue weighted by molar-refractivity contribution is 0.102. The molecule has 2 aromatic rings. The Morgan fingerprint density at radius 1 is 1.06 bits per heavy atom. The summed E-state index contributed by atoms with van der Waals surface area (Å²) in [7, 11) is 0. The lowest BCUT2D eigenvalue weighted by Crippen LogP contribution is -2.12. The van der Waals surface area contributed by atoms with Gasteiger partial charge in [0.2, 0.25) is 0 Å². The first-order valence-electron chi connectivity index (χ1n) is 5.31. The van der Waals surface area contributed by atoms with Crippen LogP contribution < -0.4 is 16.8 Å². The van der Waals surface area contributed by atoms with Crippen LogP contribution in [0, 0.1) is 0 Å². The van der Waals surface area contributed by atoms with E-state index in [1.807, 2.05) is 0 Å². The van der Waals surface area contributed by atoms with Crippen molar-refractivity contribution in [2.75, 3.05) is 16.8 Å². The molecule has 0 bridgehead atoms. The minimum atomic E-state index is -0.334. The molecule has 0 saturated heterocycles. The molecule has 2 aromatic carbocycles. The molecule has 2 rings (SSSR count). The third-order valence-electron chi connectivity index (χ3n) is 2.34. The van der Waals surface area contributed by atoms with Crippen LogP contribution in [0.2, 0.25) is 0 Å². The maximum Gasteiger partial charge on any atom is 0.255 e. The monoisotopic (exact) mass is 243 g/mol. The van der Waals surface area contributed by atoms with Gasteiger partial charge in [0.05, 0.1) is 0 Å². The lowest BCUT2D eigenvalue weighted by atomic mass is 10.1. The van der Waals surface area contributed by atoms with Gasteiger partial charge in [-0.25, -0.2) is 0 Å². The highest BCUT2D eigenvalue weighted by atomic mass is 16.3. The van der Waals surface area contributed by atoms with Crippen LogP contribution in [0.4, 0.5) is 17.1 Å². The number of phenols is 1. The second-order valence-corrected chi connectivity index (χ2v) is 3.89. The highest BCUT2D eigenvalue weighted by Gasteiger charge is 2.07. The molecule has 18 heavy (non-hydrogen) atoms. The van der Waals surface area contributed by atoms with Crippen LogP contribution >= 0.6 is 0 Å². The summed E-state index contributed by atoms with van der Waals surface area (Å²) in [6, 6.07) is 10.9. The van der Waals surface area contributed by atoms with Crippen molar-refractivity contribution in [1.82, 2.24) is 0 Å². The van der Waals surface area contributed by atoms with E-state index in [0.717, 1.165) is 0 Å². The van der Waals surface area contributed by atoms with E-state index in [9.17, 15) is 9.90 Å². The van der Waals surface area contributed by atoms with Gasteiger partial charge in [0.15, 0.2) is 0 Å². The number of aromatic hydroxyl groups is 1. The number of hydrogen-bond donors (Lipinski definition) is 4. The van der Waals surface area contributed by atoms with Gasteiger partial charge in [0, 0.05) is 28.7 Å². The fourth-order valence-electron chi connectivity index (χ4n) is 1.59. The van der Waals surface area contributed by atoms with E-state index >= 15 is 0 Å². The highest BCUT2D eigenvalue weighted by Crippen LogP contribution is 2.18. The van der Waals surface area contributed by atoms with Gasteiger partial charge in [-0.15, -0.1) is 0 Å². The molecule has 92 valence electrons. The summed E-state index contributed by atoms with van der Waals surface area (Å²) >= 11 is 0. The predicted octanol–water partition coefficient (Wildman–Crippen LogP) is 1.81. The van der Waals surface area contributed by atoms with Crippen LogP contribution in [-0.4, -0.2) is 11.0 Å².